The number of rotatable bonds is 5. The second-order valence-corrected chi connectivity index (χ2v) is 6.17. The molecule has 0 unspecified atom stereocenters. The molecule has 0 radical (unpaired) electrons. The van der Waals surface area contributed by atoms with Crippen LogP contribution in [0.25, 0.3) is 22.4 Å². The van der Waals surface area contributed by atoms with E-state index in [0.29, 0.717) is 10.6 Å². The second kappa shape index (κ2) is 7.60. The predicted molar refractivity (Wildman–Crippen MR) is 97.5 cm³/mol. The van der Waals surface area contributed by atoms with Gasteiger partial charge in [-0.25, -0.2) is 4.98 Å². The number of carbonyl (C=O) groups excluding carboxylic acids is 1. The summed E-state index contributed by atoms with van der Waals surface area (Å²) in [4.78, 5) is 19.9. The SMILES string of the molecule is N#Cc1c(-c2cccnc2)cc(-c2ccccc2)nc1SCC(N)=O. The number of nitrogens with zero attached hydrogens (tertiary/aromatic N) is 3. The van der Waals surface area contributed by atoms with Gasteiger partial charge >= 0.3 is 0 Å². The maximum atomic E-state index is 11.2. The summed E-state index contributed by atoms with van der Waals surface area (Å²) in [7, 11) is 0. The average Bonchev–Trinajstić information content (AvgIpc) is 2.67. The van der Waals surface area contributed by atoms with Gasteiger partial charge in [-0.05, 0) is 12.1 Å². The number of carbonyl (C=O) groups is 1. The van der Waals surface area contributed by atoms with Gasteiger partial charge in [-0.2, -0.15) is 5.26 Å². The Bertz CT molecular complexity index is 937. The van der Waals surface area contributed by atoms with Crippen LogP contribution < -0.4 is 5.73 Å². The Morgan fingerprint density at radius 3 is 2.56 bits per heavy atom. The van der Waals surface area contributed by atoms with Gasteiger partial charge in [-0.3, -0.25) is 9.78 Å². The quantitative estimate of drug-likeness (QED) is 0.716. The van der Waals surface area contributed by atoms with Crippen molar-refractivity contribution in [2.24, 2.45) is 5.73 Å². The number of amides is 1. The third-order valence-corrected chi connectivity index (χ3v) is 4.49. The van der Waals surface area contributed by atoms with Gasteiger partial charge in [0.1, 0.15) is 11.1 Å². The fourth-order valence-electron chi connectivity index (χ4n) is 2.38. The Hall–Kier alpha value is -3.17. The van der Waals surface area contributed by atoms with E-state index in [-0.39, 0.29) is 5.75 Å². The number of primary amides is 1. The van der Waals surface area contributed by atoms with Crippen LogP contribution in [0.2, 0.25) is 0 Å². The highest BCUT2D eigenvalue weighted by atomic mass is 32.2. The molecule has 0 aliphatic rings. The summed E-state index contributed by atoms with van der Waals surface area (Å²) >= 11 is 1.17. The Morgan fingerprint density at radius 1 is 1.16 bits per heavy atom. The van der Waals surface area contributed by atoms with Gasteiger partial charge in [0, 0.05) is 29.1 Å². The molecule has 3 aromatic rings. The van der Waals surface area contributed by atoms with Gasteiger partial charge < -0.3 is 5.73 Å². The molecule has 25 heavy (non-hydrogen) atoms. The van der Waals surface area contributed by atoms with Crippen molar-refractivity contribution in [1.29, 1.82) is 5.26 Å². The molecule has 3 rings (SSSR count). The molecular formula is C19H14N4OS. The fourth-order valence-corrected chi connectivity index (χ4v) is 3.12. The Labute approximate surface area is 149 Å². The zero-order valence-electron chi connectivity index (χ0n) is 13.2. The first kappa shape index (κ1) is 16.7. The van der Waals surface area contributed by atoms with Crippen LogP contribution in [-0.4, -0.2) is 21.6 Å². The van der Waals surface area contributed by atoms with E-state index < -0.39 is 5.91 Å². The minimum absolute atomic E-state index is 0.0619. The van der Waals surface area contributed by atoms with Crippen molar-refractivity contribution in [2.45, 2.75) is 5.03 Å². The van der Waals surface area contributed by atoms with E-state index in [9.17, 15) is 10.1 Å². The normalized spacial score (nSPS) is 10.2. The van der Waals surface area contributed by atoms with E-state index in [1.807, 2.05) is 48.5 Å². The van der Waals surface area contributed by atoms with Crippen molar-refractivity contribution in [3.63, 3.8) is 0 Å². The lowest BCUT2D eigenvalue weighted by Crippen LogP contribution is -2.13. The highest BCUT2D eigenvalue weighted by molar-refractivity contribution is 8.00. The molecule has 5 nitrogen and oxygen atoms in total. The summed E-state index contributed by atoms with van der Waals surface area (Å²) in [5.74, 6) is -0.393. The summed E-state index contributed by atoms with van der Waals surface area (Å²) in [5, 5.41) is 10.1. The molecule has 0 saturated carbocycles. The number of aromatic nitrogens is 2. The molecule has 0 aliphatic carbocycles. The van der Waals surface area contributed by atoms with Crippen molar-refractivity contribution in [2.75, 3.05) is 5.75 Å². The van der Waals surface area contributed by atoms with Gasteiger partial charge in [0.15, 0.2) is 0 Å². The molecule has 0 bridgehead atoms. The molecule has 0 fully saturated rings. The van der Waals surface area contributed by atoms with Gasteiger partial charge in [0.2, 0.25) is 5.91 Å². The lowest BCUT2D eigenvalue weighted by atomic mass is 10.0. The lowest BCUT2D eigenvalue weighted by Gasteiger charge is -2.12. The third-order valence-electron chi connectivity index (χ3n) is 3.49. The summed E-state index contributed by atoms with van der Waals surface area (Å²) in [6.07, 6.45) is 3.38. The van der Waals surface area contributed by atoms with Gasteiger partial charge in [-0.15, -0.1) is 0 Å². The largest absolute Gasteiger partial charge is 0.369 e. The van der Waals surface area contributed by atoms with Crippen LogP contribution >= 0.6 is 11.8 Å². The first-order valence-electron chi connectivity index (χ1n) is 7.51. The standard InChI is InChI=1S/C19H14N4OS/c20-10-16-15(14-7-4-8-22-11-14)9-17(13-5-2-1-3-6-13)23-19(16)25-12-18(21)24/h1-9,11H,12H2,(H2,21,24). The summed E-state index contributed by atoms with van der Waals surface area (Å²) in [5.41, 5.74) is 8.87. The molecule has 1 amide bonds. The molecule has 0 spiro atoms. The third kappa shape index (κ3) is 3.84. The molecule has 0 aliphatic heterocycles. The molecule has 1 aromatic carbocycles. The van der Waals surface area contributed by atoms with E-state index >= 15 is 0 Å². The summed E-state index contributed by atoms with van der Waals surface area (Å²) in [6, 6.07) is 17.5. The maximum Gasteiger partial charge on any atom is 0.227 e. The van der Waals surface area contributed by atoms with E-state index in [4.69, 9.17) is 5.73 Å². The molecule has 6 heteroatoms. The highest BCUT2D eigenvalue weighted by Gasteiger charge is 2.16. The average molecular weight is 346 g/mol. The summed E-state index contributed by atoms with van der Waals surface area (Å²) < 4.78 is 0. The number of nitrogens with two attached hydrogens (primary N) is 1. The van der Waals surface area contributed by atoms with E-state index in [2.05, 4.69) is 16.0 Å². The number of pyridine rings is 2. The van der Waals surface area contributed by atoms with E-state index in [0.717, 1.165) is 22.4 Å². The Morgan fingerprint density at radius 2 is 1.92 bits per heavy atom. The van der Waals surface area contributed by atoms with Crippen LogP contribution in [0, 0.1) is 11.3 Å². The van der Waals surface area contributed by atoms with Crippen LogP contribution in [0.4, 0.5) is 0 Å². The maximum absolute atomic E-state index is 11.2. The van der Waals surface area contributed by atoms with Crippen molar-refractivity contribution in [3.8, 4) is 28.5 Å². The zero-order chi connectivity index (χ0) is 17.6. The van der Waals surface area contributed by atoms with Crippen LogP contribution in [0.5, 0.6) is 0 Å². The molecule has 122 valence electrons. The molecular weight excluding hydrogens is 332 g/mol. The Balaban J connectivity index is 2.20. The Kier molecular flexibility index (Phi) is 5.07. The van der Waals surface area contributed by atoms with E-state index in [1.165, 1.54) is 11.8 Å². The zero-order valence-corrected chi connectivity index (χ0v) is 14.0. The van der Waals surface area contributed by atoms with Gasteiger partial charge in [0.25, 0.3) is 0 Å². The number of thioether (sulfide) groups is 1. The molecule has 2 heterocycles. The monoisotopic (exact) mass is 346 g/mol. The molecule has 2 N–H and O–H groups in total. The number of benzene rings is 1. The minimum atomic E-state index is -0.455. The van der Waals surface area contributed by atoms with Crippen LogP contribution in [0.1, 0.15) is 5.56 Å². The topological polar surface area (TPSA) is 92.7 Å². The highest BCUT2D eigenvalue weighted by Crippen LogP contribution is 2.33. The van der Waals surface area contributed by atoms with Crippen molar-refractivity contribution in [3.05, 3.63) is 66.5 Å². The summed E-state index contributed by atoms with van der Waals surface area (Å²) in [6.45, 7) is 0. The molecule has 0 saturated heterocycles. The van der Waals surface area contributed by atoms with Crippen molar-refractivity contribution >= 4 is 17.7 Å². The van der Waals surface area contributed by atoms with Crippen LogP contribution in [0.15, 0.2) is 66.0 Å². The minimum Gasteiger partial charge on any atom is -0.369 e. The van der Waals surface area contributed by atoms with Gasteiger partial charge in [-0.1, -0.05) is 48.2 Å². The van der Waals surface area contributed by atoms with E-state index in [1.54, 1.807) is 12.4 Å². The molecule has 2 aromatic heterocycles. The second-order valence-electron chi connectivity index (χ2n) is 5.21. The number of hydrogen-bond donors (Lipinski definition) is 1. The van der Waals surface area contributed by atoms with Crippen molar-refractivity contribution in [1.82, 2.24) is 9.97 Å². The van der Waals surface area contributed by atoms with Gasteiger partial charge in [0.05, 0.1) is 17.0 Å². The smallest absolute Gasteiger partial charge is 0.227 e. The molecule has 0 atom stereocenters. The lowest BCUT2D eigenvalue weighted by molar-refractivity contribution is -0.115. The van der Waals surface area contributed by atoms with Crippen LogP contribution in [-0.2, 0) is 4.79 Å². The first-order valence-corrected chi connectivity index (χ1v) is 8.49. The number of nitriles is 1. The predicted octanol–water partition coefficient (Wildman–Crippen LogP) is 3.26. The van der Waals surface area contributed by atoms with Crippen LogP contribution in [0.3, 0.4) is 0 Å². The number of hydrogen-bond acceptors (Lipinski definition) is 5. The fraction of sp³-hybridized carbons (Fsp3) is 0.0526. The van der Waals surface area contributed by atoms with Crippen molar-refractivity contribution < 1.29 is 4.79 Å². The first-order chi connectivity index (χ1) is 12.2.